The van der Waals surface area contributed by atoms with Gasteiger partial charge in [-0.1, -0.05) is 24.3 Å². The molecule has 2 aromatic rings. The van der Waals surface area contributed by atoms with Gasteiger partial charge in [-0.25, -0.2) is 4.79 Å². The lowest BCUT2D eigenvalue weighted by atomic mass is 9.91. The number of carbonyl (C=O) groups excluding carboxylic acids is 2. The van der Waals surface area contributed by atoms with Crippen molar-refractivity contribution >= 4 is 34.8 Å². The number of carboxylic acid groups (broad SMARTS) is 1. The van der Waals surface area contributed by atoms with Crippen molar-refractivity contribution in [2.75, 3.05) is 31.1 Å². The van der Waals surface area contributed by atoms with Crippen LogP contribution in [-0.4, -0.2) is 70.6 Å². The van der Waals surface area contributed by atoms with Crippen LogP contribution in [0.25, 0.3) is 0 Å². The van der Waals surface area contributed by atoms with E-state index >= 15 is 0 Å². The van der Waals surface area contributed by atoms with E-state index in [1.54, 1.807) is 18.3 Å². The van der Waals surface area contributed by atoms with Gasteiger partial charge in [-0.05, 0) is 30.0 Å². The molecule has 1 aromatic carbocycles. The van der Waals surface area contributed by atoms with Crippen LogP contribution >= 0.6 is 11.3 Å². The number of halogens is 3. The number of hydrogen-bond donors (Lipinski definition) is 1. The van der Waals surface area contributed by atoms with Crippen LogP contribution in [0, 0.1) is 0 Å². The maximum absolute atomic E-state index is 12.7. The van der Waals surface area contributed by atoms with Crippen LogP contribution in [0.1, 0.15) is 18.2 Å². The minimum atomic E-state index is -5.08. The zero-order valence-corrected chi connectivity index (χ0v) is 18.7. The quantitative estimate of drug-likeness (QED) is 0.725. The van der Waals surface area contributed by atoms with Crippen molar-refractivity contribution in [1.82, 2.24) is 9.80 Å². The van der Waals surface area contributed by atoms with Gasteiger partial charge >= 0.3 is 12.1 Å². The fourth-order valence-electron chi connectivity index (χ4n) is 4.19. The van der Waals surface area contributed by atoms with E-state index in [1.807, 2.05) is 40.1 Å². The van der Waals surface area contributed by atoms with Crippen LogP contribution in [0.15, 0.2) is 47.8 Å². The number of anilines is 1. The van der Waals surface area contributed by atoms with Gasteiger partial charge in [0.25, 0.3) is 0 Å². The van der Waals surface area contributed by atoms with Gasteiger partial charge in [0.1, 0.15) is 6.54 Å². The van der Waals surface area contributed by atoms with E-state index in [-0.39, 0.29) is 23.9 Å². The van der Waals surface area contributed by atoms with Crippen molar-refractivity contribution in [1.29, 1.82) is 0 Å². The van der Waals surface area contributed by atoms with Crippen molar-refractivity contribution < 1.29 is 32.7 Å². The lowest BCUT2D eigenvalue weighted by molar-refractivity contribution is -0.192. The van der Waals surface area contributed by atoms with Crippen molar-refractivity contribution in [2.45, 2.75) is 31.6 Å². The molecule has 0 saturated carbocycles. The number of nitrogens with zero attached hydrogens (tertiary/aromatic N) is 3. The fraction of sp³-hybridized carbons (Fsp3) is 0.409. The number of alkyl halides is 3. The first kappa shape index (κ1) is 24.7. The molecule has 7 nitrogen and oxygen atoms in total. The Balaban J connectivity index is 0.000000383. The second-order valence-electron chi connectivity index (χ2n) is 7.99. The number of likely N-dealkylation sites (tertiary alicyclic amines) is 1. The number of aliphatic carboxylic acids is 1. The van der Waals surface area contributed by atoms with Gasteiger partial charge in [0.15, 0.2) is 0 Å². The van der Waals surface area contributed by atoms with Gasteiger partial charge in [-0.15, -0.1) is 11.3 Å². The summed E-state index contributed by atoms with van der Waals surface area (Å²) in [6.45, 7) is 4.96. The summed E-state index contributed by atoms with van der Waals surface area (Å²) >= 11 is 1.76. The van der Waals surface area contributed by atoms with Crippen LogP contribution in [0.2, 0.25) is 0 Å². The molecule has 1 N–H and O–H groups in total. The third-order valence-corrected chi connectivity index (χ3v) is 6.54. The number of benzene rings is 1. The third kappa shape index (κ3) is 5.91. The monoisotopic (exact) mass is 483 g/mol. The minimum absolute atomic E-state index is 0.00580. The zero-order chi connectivity index (χ0) is 24.2. The second-order valence-corrected chi connectivity index (χ2v) is 9.02. The zero-order valence-electron chi connectivity index (χ0n) is 17.9. The molecule has 2 fully saturated rings. The molecule has 0 aliphatic carbocycles. The van der Waals surface area contributed by atoms with Crippen molar-refractivity contribution in [2.24, 2.45) is 0 Å². The highest BCUT2D eigenvalue weighted by Gasteiger charge is 2.50. The maximum atomic E-state index is 12.7. The Labute approximate surface area is 193 Å². The Bertz CT molecular complexity index is 985. The Morgan fingerprint density at radius 1 is 1.12 bits per heavy atom. The highest BCUT2D eigenvalue weighted by molar-refractivity contribution is 7.09. The van der Waals surface area contributed by atoms with Crippen molar-refractivity contribution in [3.63, 3.8) is 0 Å². The van der Waals surface area contributed by atoms with Gasteiger partial charge in [0.05, 0.1) is 12.1 Å². The SMILES string of the molecule is CC(=O)N1CC(=O)N(c2ccccc2)CC12CCN(Cc1cccs1)C2.O=C(O)C(F)(F)F. The Hall–Kier alpha value is -2.92. The van der Waals surface area contributed by atoms with Gasteiger partial charge < -0.3 is 14.9 Å². The number of para-hydroxylation sites is 1. The average molecular weight is 484 g/mol. The number of carbonyl (C=O) groups is 3. The first-order valence-corrected chi connectivity index (χ1v) is 11.1. The normalized spacial score (nSPS) is 21.2. The van der Waals surface area contributed by atoms with E-state index in [4.69, 9.17) is 9.90 Å². The second kappa shape index (κ2) is 9.92. The largest absolute Gasteiger partial charge is 0.490 e. The number of piperazine rings is 1. The van der Waals surface area contributed by atoms with E-state index in [2.05, 4.69) is 22.4 Å². The number of thiophene rings is 1. The molecule has 1 spiro atoms. The van der Waals surface area contributed by atoms with Crippen LogP contribution in [0.5, 0.6) is 0 Å². The molecule has 2 amide bonds. The molecule has 178 valence electrons. The van der Waals surface area contributed by atoms with E-state index in [9.17, 15) is 22.8 Å². The Morgan fingerprint density at radius 2 is 1.79 bits per heavy atom. The lowest BCUT2D eigenvalue weighted by Crippen LogP contribution is -2.66. The Kier molecular flexibility index (Phi) is 7.43. The van der Waals surface area contributed by atoms with Gasteiger partial charge in [0.2, 0.25) is 11.8 Å². The summed E-state index contributed by atoms with van der Waals surface area (Å²) in [7, 11) is 0. The fourth-order valence-corrected chi connectivity index (χ4v) is 4.94. The summed E-state index contributed by atoms with van der Waals surface area (Å²) in [6, 6.07) is 14.0. The Morgan fingerprint density at radius 3 is 2.33 bits per heavy atom. The smallest absolute Gasteiger partial charge is 0.475 e. The average Bonchev–Trinajstić information content (AvgIpc) is 3.41. The summed E-state index contributed by atoms with van der Waals surface area (Å²) in [5.74, 6) is -2.77. The predicted octanol–water partition coefficient (Wildman–Crippen LogP) is 3.22. The molecule has 2 aliphatic heterocycles. The molecule has 11 heteroatoms. The molecule has 4 rings (SSSR count). The molecule has 2 aliphatic rings. The molecule has 0 radical (unpaired) electrons. The van der Waals surface area contributed by atoms with E-state index in [0.717, 1.165) is 31.7 Å². The number of carboxylic acids is 1. The molecule has 33 heavy (non-hydrogen) atoms. The summed E-state index contributed by atoms with van der Waals surface area (Å²) in [4.78, 5) is 41.3. The van der Waals surface area contributed by atoms with E-state index in [0.29, 0.717) is 6.54 Å². The lowest BCUT2D eigenvalue weighted by Gasteiger charge is -2.48. The van der Waals surface area contributed by atoms with Gasteiger partial charge in [-0.3, -0.25) is 14.5 Å². The van der Waals surface area contributed by atoms with Crippen LogP contribution < -0.4 is 4.90 Å². The summed E-state index contributed by atoms with van der Waals surface area (Å²) < 4.78 is 31.7. The number of hydrogen-bond acceptors (Lipinski definition) is 5. The van der Waals surface area contributed by atoms with Gasteiger partial charge in [0, 0.05) is 37.1 Å². The highest BCUT2D eigenvalue weighted by atomic mass is 32.1. The molecule has 1 unspecified atom stereocenters. The van der Waals surface area contributed by atoms with Gasteiger partial charge in [-0.2, -0.15) is 13.2 Å². The van der Waals surface area contributed by atoms with Crippen molar-refractivity contribution in [3.8, 4) is 0 Å². The first-order valence-electron chi connectivity index (χ1n) is 10.2. The highest BCUT2D eigenvalue weighted by Crippen LogP contribution is 2.35. The van der Waals surface area contributed by atoms with Crippen LogP contribution in [0.4, 0.5) is 18.9 Å². The molecule has 3 heterocycles. The van der Waals surface area contributed by atoms with Crippen molar-refractivity contribution in [3.05, 3.63) is 52.7 Å². The number of amides is 2. The summed E-state index contributed by atoms with van der Waals surface area (Å²) in [5, 5.41) is 9.22. The van der Waals surface area contributed by atoms with Crippen LogP contribution in [0.3, 0.4) is 0 Å². The van der Waals surface area contributed by atoms with Crippen LogP contribution in [-0.2, 0) is 20.9 Å². The minimum Gasteiger partial charge on any atom is -0.475 e. The summed E-state index contributed by atoms with van der Waals surface area (Å²) in [6.07, 6.45) is -4.19. The first-order chi connectivity index (χ1) is 15.5. The third-order valence-electron chi connectivity index (χ3n) is 5.68. The molecule has 1 aromatic heterocycles. The summed E-state index contributed by atoms with van der Waals surface area (Å²) in [5.41, 5.74) is 0.615. The maximum Gasteiger partial charge on any atom is 0.490 e. The standard InChI is InChI=1S/C20H23N3O2S.C2HF3O2/c1-16(24)23-13-19(25)22(17-6-3-2-4-7-17)15-20(23)9-10-21(14-20)12-18-8-5-11-26-18;3-2(4,5)1(6)7/h2-8,11H,9-10,12-15H2,1H3;(H,6,7). The molecular formula is C22H24F3N3O4S. The van der Waals surface area contributed by atoms with E-state index < -0.39 is 12.1 Å². The molecule has 0 bridgehead atoms. The topological polar surface area (TPSA) is 81.2 Å². The predicted molar refractivity (Wildman–Crippen MR) is 117 cm³/mol. The molecular weight excluding hydrogens is 459 g/mol. The van der Waals surface area contributed by atoms with E-state index in [1.165, 1.54) is 4.88 Å². The number of rotatable bonds is 3. The molecule has 1 atom stereocenters. The molecule has 2 saturated heterocycles.